The van der Waals surface area contributed by atoms with Gasteiger partial charge in [-0.15, -0.1) is 0 Å². The molecule has 3 rings (SSSR count). The first-order valence-electron chi connectivity index (χ1n) is 9.68. The third kappa shape index (κ3) is 3.47. The van der Waals surface area contributed by atoms with Crippen LogP contribution in [0.4, 0.5) is 0 Å². The molecule has 4 nitrogen and oxygen atoms in total. The first-order chi connectivity index (χ1) is 12.0. The Morgan fingerprint density at radius 1 is 1.20 bits per heavy atom. The molecular weight excluding hydrogens is 314 g/mol. The fourth-order valence-corrected chi connectivity index (χ4v) is 5.15. The van der Waals surface area contributed by atoms with Gasteiger partial charge in [0, 0.05) is 6.54 Å². The Hall–Kier alpha value is -1.39. The molecule has 1 saturated carbocycles. The Morgan fingerprint density at radius 3 is 2.48 bits per heavy atom. The first-order valence-corrected chi connectivity index (χ1v) is 9.68. The number of aliphatic carboxylic acids is 1. The molecule has 1 aromatic rings. The molecule has 2 N–H and O–H groups in total. The van der Waals surface area contributed by atoms with Crippen molar-refractivity contribution in [2.24, 2.45) is 5.92 Å². The van der Waals surface area contributed by atoms with Crippen LogP contribution in [-0.2, 0) is 10.2 Å². The topological polar surface area (TPSA) is 60.8 Å². The van der Waals surface area contributed by atoms with Gasteiger partial charge >= 0.3 is 5.97 Å². The molecule has 0 bridgehead atoms. The summed E-state index contributed by atoms with van der Waals surface area (Å²) in [5.41, 5.74) is -1.61. The number of nitrogens with zero attached hydrogens (tertiary/aromatic N) is 1. The summed E-state index contributed by atoms with van der Waals surface area (Å²) in [5.74, 6) is -0.558. The van der Waals surface area contributed by atoms with Crippen molar-refractivity contribution < 1.29 is 15.0 Å². The van der Waals surface area contributed by atoms with Crippen LogP contribution in [0.3, 0.4) is 0 Å². The Bertz CT molecular complexity index is 582. The molecular formula is C21H31NO3. The zero-order valence-corrected chi connectivity index (χ0v) is 15.3. The molecule has 1 aliphatic heterocycles. The summed E-state index contributed by atoms with van der Waals surface area (Å²) in [6.45, 7) is 1.99. The van der Waals surface area contributed by atoms with Crippen molar-refractivity contribution in [2.75, 3.05) is 20.1 Å². The Kier molecular flexibility index (Phi) is 5.49. The highest BCUT2D eigenvalue weighted by atomic mass is 16.4. The smallest absolute Gasteiger partial charge is 0.317 e. The van der Waals surface area contributed by atoms with Crippen molar-refractivity contribution in [1.82, 2.24) is 4.90 Å². The number of rotatable bonds is 5. The van der Waals surface area contributed by atoms with Crippen molar-refractivity contribution in [1.29, 1.82) is 0 Å². The van der Waals surface area contributed by atoms with Crippen LogP contribution in [0.5, 0.6) is 0 Å². The van der Waals surface area contributed by atoms with E-state index in [-0.39, 0.29) is 0 Å². The number of hydrogen-bond donors (Lipinski definition) is 2. The molecule has 2 atom stereocenters. The van der Waals surface area contributed by atoms with Crippen molar-refractivity contribution in [3.8, 4) is 0 Å². The average Bonchev–Trinajstić information content (AvgIpc) is 2.60. The summed E-state index contributed by atoms with van der Waals surface area (Å²) in [6, 6.07) is 9.49. The average molecular weight is 345 g/mol. The lowest BCUT2D eigenvalue weighted by Gasteiger charge is -2.49. The summed E-state index contributed by atoms with van der Waals surface area (Å²) < 4.78 is 0. The summed E-state index contributed by atoms with van der Waals surface area (Å²) >= 11 is 0. The maximum atomic E-state index is 12.7. The van der Waals surface area contributed by atoms with Crippen LogP contribution in [0.2, 0.25) is 0 Å². The van der Waals surface area contributed by atoms with Crippen LogP contribution in [0.25, 0.3) is 0 Å². The maximum absolute atomic E-state index is 12.7. The number of piperidine rings is 1. The zero-order chi connectivity index (χ0) is 17.9. The minimum Gasteiger partial charge on any atom is -0.480 e. The van der Waals surface area contributed by atoms with E-state index >= 15 is 0 Å². The molecule has 2 fully saturated rings. The van der Waals surface area contributed by atoms with E-state index in [2.05, 4.69) is 11.9 Å². The third-order valence-electron chi connectivity index (χ3n) is 6.42. The van der Waals surface area contributed by atoms with Gasteiger partial charge in [0.25, 0.3) is 0 Å². The Morgan fingerprint density at radius 2 is 1.88 bits per heavy atom. The summed E-state index contributed by atoms with van der Waals surface area (Å²) in [5, 5.41) is 22.0. The normalized spacial score (nSPS) is 26.7. The lowest BCUT2D eigenvalue weighted by atomic mass is 9.58. The molecule has 1 saturated heterocycles. The molecule has 0 unspecified atom stereocenters. The van der Waals surface area contributed by atoms with Crippen LogP contribution < -0.4 is 0 Å². The quantitative estimate of drug-likeness (QED) is 0.858. The maximum Gasteiger partial charge on any atom is 0.317 e. The molecule has 2 aliphatic rings. The highest BCUT2D eigenvalue weighted by Gasteiger charge is 2.57. The summed E-state index contributed by atoms with van der Waals surface area (Å²) in [6.07, 6.45) is 6.72. The van der Waals surface area contributed by atoms with E-state index in [0.29, 0.717) is 25.2 Å². The molecule has 4 heteroatoms. The van der Waals surface area contributed by atoms with Crippen LogP contribution in [0.15, 0.2) is 30.3 Å². The largest absolute Gasteiger partial charge is 0.480 e. The second-order valence-corrected chi connectivity index (χ2v) is 8.14. The highest BCUT2D eigenvalue weighted by molar-refractivity contribution is 5.83. The molecule has 0 aromatic heterocycles. The van der Waals surface area contributed by atoms with E-state index in [9.17, 15) is 15.0 Å². The highest BCUT2D eigenvalue weighted by Crippen LogP contribution is 2.49. The van der Waals surface area contributed by atoms with Gasteiger partial charge in [0.15, 0.2) is 0 Å². The molecule has 1 aromatic carbocycles. The van der Waals surface area contributed by atoms with E-state index in [1.807, 2.05) is 30.3 Å². The van der Waals surface area contributed by atoms with E-state index in [1.165, 1.54) is 0 Å². The van der Waals surface area contributed by atoms with E-state index in [0.717, 1.165) is 50.8 Å². The number of aliphatic hydroxyl groups is 1. The molecule has 138 valence electrons. The van der Waals surface area contributed by atoms with Gasteiger partial charge in [-0.3, -0.25) is 4.79 Å². The minimum absolute atomic E-state index is 0.306. The van der Waals surface area contributed by atoms with Gasteiger partial charge in [0.05, 0.1) is 5.60 Å². The van der Waals surface area contributed by atoms with Gasteiger partial charge < -0.3 is 15.1 Å². The number of carboxylic acids is 1. The number of hydrogen-bond acceptors (Lipinski definition) is 3. The number of likely N-dealkylation sites (tertiary alicyclic amines) is 1. The second kappa shape index (κ2) is 7.46. The van der Waals surface area contributed by atoms with Gasteiger partial charge in [-0.25, -0.2) is 0 Å². The standard InChI is InChI=1S/C21H31NO3/c1-22-14-8-9-17(16-22)15-21(19(23)24,18-10-4-2-5-11-18)20(25)12-6-3-7-13-20/h2,4-5,10-11,17,25H,3,6-9,12-16H2,1H3,(H,23,24)/t17-,21-/m1/s1. The van der Waals surface area contributed by atoms with Crippen molar-refractivity contribution in [3.05, 3.63) is 35.9 Å². The molecule has 0 spiro atoms. The monoisotopic (exact) mass is 345 g/mol. The zero-order valence-electron chi connectivity index (χ0n) is 15.3. The lowest BCUT2D eigenvalue weighted by Crippen LogP contribution is -2.59. The van der Waals surface area contributed by atoms with E-state index in [4.69, 9.17) is 0 Å². The molecule has 25 heavy (non-hydrogen) atoms. The van der Waals surface area contributed by atoms with Crippen LogP contribution in [-0.4, -0.2) is 46.8 Å². The van der Waals surface area contributed by atoms with Gasteiger partial charge in [0.1, 0.15) is 5.41 Å². The van der Waals surface area contributed by atoms with Crippen LogP contribution in [0.1, 0.15) is 56.9 Å². The van der Waals surface area contributed by atoms with Crippen molar-refractivity contribution in [2.45, 2.75) is 62.4 Å². The lowest BCUT2D eigenvalue weighted by molar-refractivity contribution is -0.163. The number of carbonyl (C=O) groups is 1. The van der Waals surface area contributed by atoms with Crippen molar-refractivity contribution >= 4 is 5.97 Å². The molecule has 1 heterocycles. The molecule has 0 radical (unpaired) electrons. The second-order valence-electron chi connectivity index (χ2n) is 8.14. The summed E-state index contributed by atoms with van der Waals surface area (Å²) in [7, 11) is 2.10. The molecule has 0 amide bonds. The van der Waals surface area contributed by atoms with Gasteiger partial charge in [-0.1, -0.05) is 49.6 Å². The van der Waals surface area contributed by atoms with Crippen LogP contribution >= 0.6 is 0 Å². The van der Waals surface area contributed by atoms with E-state index < -0.39 is 17.0 Å². The SMILES string of the molecule is CN1CCC[C@H](C[C@](C(=O)O)(c2ccccc2)C2(O)CCCCC2)C1. The predicted molar refractivity (Wildman–Crippen MR) is 98.6 cm³/mol. The summed E-state index contributed by atoms with van der Waals surface area (Å²) in [4.78, 5) is 15.0. The minimum atomic E-state index is -1.21. The predicted octanol–water partition coefficient (Wildman–Crippen LogP) is 3.44. The first kappa shape index (κ1) is 18.4. The Balaban J connectivity index is 2.03. The van der Waals surface area contributed by atoms with Crippen molar-refractivity contribution in [3.63, 3.8) is 0 Å². The fourth-order valence-electron chi connectivity index (χ4n) is 5.15. The third-order valence-corrected chi connectivity index (χ3v) is 6.42. The fraction of sp³-hybridized carbons (Fsp3) is 0.667. The van der Waals surface area contributed by atoms with E-state index in [1.54, 1.807) is 0 Å². The van der Waals surface area contributed by atoms with Gasteiger partial charge in [0.2, 0.25) is 0 Å². The van der Waals surface area contributed by atoms with Gasteiger partial charge in [-0.05, 0) is 57.2 Å². The number of benzene rings is 1. The molecule has 1 aliphatic carbocycles. The number of carboxylic acid groups (broad SMARTS) is 1. The van der Waals surface area contributed by atoms with Crippen LogP contribution in [0, 0.1) is 5.92 Å². The van der Waals surface area contributed by atoms with Gasteiger partial charge in [-0.2, -0.15) is 0 Å². The Labute approximate surface area is 150 Å².